The molecular weight excluding hydrogens is 342 g/mol. The molecule has 0 aromatic heterocycles. The van der Waals surface area contributed by atoms with Gasteiger partial charge in [0.1, 0.15) is 17.2 Å². The van der Waals surface area contributed by atoms with Gasteiger partial charge in [-0.1, -0.05) is 24.3 Å². The number of carbonyl (C=O) groups excluding carboxylic acids is 2. The minimum Gasteiger partial charge on any atom is -0.497 e. The van der Waals surface area contributed by atoms with Gasteiger partial charge in [0.25, 0.3) is 0 Å². The Morgan fingerprint density at radius 1 is 1.11 bits per heavy atom. The Balaban J connectivity index is 1.95. The fourth-order valence-corrected chi connectivity index (χ4v) is 2.44. The number of rotatable bonds is 7. The molecule has 0 heterocycles. The Bertz CT molecular complexity index is 869. The van der Waals surface area contributed by atoms with Gasteiger partial charge in [-0.15, -0.1) is 0 Å². The molecule has 2 rings (SSSR count). The molecule has 2 aromatic rings. The van der Waals surface area contributed by atoms with Gasteiger partial charge in [0.05, 0.1) is 18.4 Å². The highest BCUT2D eigenvalue weighted by Gasteiger charge is 2.36. The van der Waals surface area contributed by atoms with Gasteiger partial charge in [-0.2, -0.15) is 5.26 Å². The summed E-state index contributed by atoms with van der Waals surface area (Å²) in [5.41, 5.74) is 0.485. The number of benzene rings is 2. The number of amides is 2. The number of para-hydroxylation sites is 1. The Morgan fingerprint density at radius 2 is 1.85 bits per heavy atom. The number of ether oxygens (including phenoxy) is 1. The van der Waals surface area contributed by atoms with Crippen LogP contribution in [0.5, 0.6) is 5.75 Å². The monoisotopic (exact) mass is 365 g/mol. The van der Waals surface area contributed by atoms with Crippen molar-refractivity contribution in [2.24, 2.45) is 5.41 Å². The molecule has 0 fully saturated rings. The molecule has 0 aliphatic carbocycles. The predicted octanol–water partition coefficient (Wildman–Crippen LogP) is 2.89. The fourth-order valence-electron chi connectivity index (χ4n) is 2.44. The van der Waals surface area contributed by atoms with E-state index in [-0.39, 0.29) is 5.91 Å². The van der Waals surface area contributed by atoms with Gasteiger partial charge < -0.3 is 15.4 Å². The molecule has 6 heteroatoms. The van der Waals surface area contributed by atoms with E-state index in [1.54, 1.807) is 45.2 Å². The quantitative estimate of drug-likeness (QED) is 0.738. The van der Waals surface area contributed by atoms with Gasteiger partial charge in [-0.3, -0.25) is 9.59 Å². The van der Waals surface area contributed by atoms with E-state index in [1.165, 1.54) is 0 Å². The van der Waals surface area contributed by atoms with Crippen molar-refractivity contribution in [2.45, 2.75) is 20.3 Å². The Kier molecular flexibility index (Phi) is 6.56. The third-order valence-corrected chi connectivity index (χ3v) is 4.26. The second-order valence-electron chi connectivity index (χ2n) is 6.59. The smallest absolute Gasteiger partial charge is 0.239 e. The number of anilines is 1. The number of carbonyl (C=O) groups is 2. The summed E-state index contributed by atoms with van der Waals surface area (Å²) in [7, 11) is 1.60. The Morgan fingerprint density at radius 3 is 2.56 bits per heavy atom. The maximum Gasteiger partial charge on any atom is 0.239 e. The van der Waals surface area contributed by atoms with Gasteiger partial charge in [0.15, 0.2) is 0 Å². The van der Waals surface area contributed by atoms with E-state index in [4.69, 9.17) is 10.00 Å². The third-order valence-electron chi connectivity index (χ3n) is 4.26. The van der Waals surface area contributed by atoms with E-state index in [2.05, 4.69) is 10.6 Å². The van der Waals surface area contributed by atoms with E-state index in [0.29, 0.717) is 24.2 Å². The van der Waals surface area contributed by atoms with Crippen LogP contribution in [0.2, 0.25) is 0 Å². The second kappa shape index (κ2) is 8.86. The molecule has 2 N–H and O–H groups in total. The average molecular weight is 365 g/mol. The summed E-state index contributed by atoms with van der Waals surface area (Å²) in [5.74, 6) is -0.0869. The van der Waals surface area contributed by atoms with Crippen molar-refractivity contribution in [3.63, 3.8) is 0 Å². The fraction of sp³-hybridized carbons (Fsp3) is 0.286. The van der Waals surface area contributed by atoms with Crippen LogP contribution >= 0.6 is 0 Å². The van der Waals surface area contributed by atoms with Crippen molar-refractivity contribution in [2.75, 3.05) is 19.0 Å². The molecule has 140 valence electrons. The molecule has 0 radical (unpaired) electrons. The molecule has 0 saturated heterocycles. The number of nitrogens with one attached hydrogen (secondary N) is 2. The highest BCUT2D eigenvalue weighted by molar-refractivity contribution is 6.10. The molecular formula is C21H23N3O3. The minimum absolute atomic E-state index is 0.347. The molecule has 0 spiro atoms. The molecule has 0 aliphatic rings. The first-order valence-corrected chi connectivity index (χ1v) is 8.60. The predicted molar refractivity (Wildman–Crippen MR) is 103 cm³/mol. The molecule has 2 aromatic carbocycles. The normalized spacial score (nSPS) is 10.6. The van der Waals surface area contributed by atoms with Crippen LogP contribution in [0.25, 0.3) is 0 Å². The number of nitriles is 1. The summed E-state index contributed by atoms with van der Waals surface area (Å²) in [5, 5.41) is 14.6. The number of methoxy groups -OCH3 is 1. The zero-order chi connectivity index (χ0) is 19.9. The molecule has 0 bridgehead atoms. The number of hydrogen-bond acceptors (Lipinski definition) is 4. The summed E-state index contributed by atoms with van der Waals surface area (Å²) < 4.78 is 5.18. The lowest BCUT2D eigenvalue weighted by Gasteiger charge is -2.23. The van der Waals surface area contributed by atoms with Crippen molar-refractivity contribution < 1.29 is 14.3 Å². The highest BCUT2D eigenvalue weighted by atomic mass is 16.5. The first-order valence-electron chi connectivity index (χ1n) is 8.60. The molecule has 27 heavy (non-hydrogen) atoms. The van der Waals surface area contributed by atoms with Crippen molar-refractivity contribution in [3.05, 3.63) is 59.7 Å². The topological polar surface area (TPSA) is 91.2 Å². The maximum atomic E-state index is 12.6. The van der Waals surface area contributed by atoms with E-state index in [0.717, 1.165) is 11.3 Å². The Labute approximate surface area is 159 Å². The van der Waals surface area contributed by atoms with Gasteiger partial charge in [0, 0.05) is 6.54 Å². The molecule has 6 nitrogen and oxygen atoms in total. The lowest BCUT2D eigenvalue weighted by atomic mass is 9.90. The standard InChI is InChI=1S/C21H23N3O3/c1-21(2,20(26)24-18-10-5-4-8-16(18)14-22)19(25)23-12-11-15-7-6-9-17(13-15)27-3/h4-10,13H,11-12H2,1-3H3,(H,23,25)(H,24,26). The van der Waals surface area contributed by atoms with E-state index in [9.17, 15) is 9.59 Å². The van der Waals surface area contributed by atoms with Crippen LogP contribution in [-0.2, 0) is 16.0 Å². The lowest BCUT2D eigenvalue weighted by molar-refractivity contribution is -0.138. The Hall–Kier alpha value is -3.33. The van der Waals surface area contributed by atoms with Crippen LogP contribution in [-0.4, -0.2) is 25.5 Å². The minimum atomic E-state index is -1.28. The van der Waals surface area contributed by atoms with E-state index in [1.807, 2.05) is 30.3 Å². The van der Waals surface area contributed by atoms with E-state index >= 15 is 0 Å². The van der Waals surface area contributed by atoms with Crippen LogP contribution < -0.4 is 15.4 Å². The maximum absolute atomic E-state index is 12.6. The first-order chi connectivity index (χ1) is 12.9. The van der Waals surface area contributed by atoms with Crippen LogP contribution in [0, 0.1) is 16.7 Å². The van der Waals surface area contributed by atoms with Crippen LogP contribution in [0.1, 0.15) is 25.0 Å². The molecule has 0 atom stereocenters. The van der Waals surface area contributed by atoms with Crippen LogP contribution in [0.4, 0.5) is 5.69 Å². The molecule has 0 unspecified atom stereocenters. The third kappa shape index (κ3) is 5.08. The van der Waals surface area contributed by atoms with Crippen LogP contribution in [0.15, 0.2) is 48.5 Å². The number of nitrogens with zero attached hydrogens (tertiary/aromatic N) is 1. The average Bonchev–Trinajstić information content (AvgIpc) is 2.68. The van der Waals surface area contributed by atoms with Crippen LogP contribution in [0.3, 0.4) is 0 Å². The largest absolute Gasteiger partial charge is 0.497 e. The van der Waals surface area contributed by atoms with Crippen molar-refractivity contribution >= 4 is 17.5 Å². The summed E-state index contributed by atoms with van der Waals surface area (Å²) in [6.45, 7) is 3.51. The first kappa shape index (κ1) is 20.0. The van der Waals surface area contributed by atoms with Crippen molar-refractivity contribution in [3.8, 4) is 11.8 Å². The van der Waals surface area contributed by atoms with Crippen molar-refractivity contribution in [1.82, 2.24) is 5.32 Å². The second-order valence-corrected chi connectivity index (χ2v) is 6.59. The molecule has 2 amide bonds. The van der Waals surface area contributed by atoms with Gasteiger partial charge in [-0.25, -0.2) is 0 Å². The summed E-state index contributed by atoms with van der Waals surface area (Å²) in [6.07, 6.45) is 0.623. The highest BCUT2D eigenvalue weighted by Crippen LogP contribution is 2.21. The molecule has 0 saturated carbocycles. The van der Waals surface area contributed by atoms with Crippen molar-refractivity contribution in [1.29, 1.82) is 5.26 Å². The summed E-state index contributed by atoms with van der Waals surface area (Å²) in [6, 6.07) is 16.3. The van der Waals surface area contributed by atoms with Gasteiger partial charge in [-0.05, 0) is 50.1 Å². The summed E-state index contributed by atoms with van der Waals surface area (Å²) >= 11 is 0. The van der Waals surface area contributed by atoms with E-state index < -0.39 is 11.3 Å². The molecule has 0 aliphatic heterocycles. The van der Waals surface area contributed by atoms with Gasteiger partial charge >= 0.3 is 0 Å². The lowest BCUT2D eigenvalue weighted by Crippen LogP contribution is -2.45. The van der Waals surface area contributed by atoms with Gasteiger partial charge in [0.2, 0.25) is 11.8 Å². The SMILES string of the molecule is COc1cccc(CCNC(=O)C(C)(C)C(=O)Nc2ccccc2C#N)c1. The zero-order valence-electron chi connectivity index (χ0n) is 15.7. The zero-order valence-corrected chi connectivity index (χ0v) is 15.7. The number of hydrogen-bond donors (Lipinski definition) is 2. The summed E-state index contributed by atoms with van der Waals surface area (Å²) in [4.78, 5) is 25.1.